The van der Waals surface area contributed by atoms with E-state index in [1.807, 2.05) is 0 Å². The van der Waals surface area contributed by atoms with Gasteiger partial charge in [0.1, 0.15) is 30.4 Å². The molecule has 0 aromatic heterocycles. The Hall–Kier alpha value is -1.38. The Morgan fingerprint density at radius 3 is 1.61 bits per heavy atom. The number of nitrogens with zero attached hydrogens (tertiary/aromatic N) is 2. The van der Waals surface area contributed by atoms with Crippen LogP contribution in [-0.2, 0) is 37.9 Å². The number of nitrogens with two attached hydrogens (primary N) is 2. The first-order chi connectivity index (χ1) is 27.3. The van der Waals surface area contributed by atoms with Gasteiger partial charge in [-0.1, -0.05) is 0 Å². The molecule has 0 amide bonds. The second-order valence-electron chi connectivity index (χ2n) is 13.8. The number of unbranched alkanes of at least 4 members (excludes halogenated alkanes) is 2. The average Bonchev–Trinajstić information content (AvgIpc) is 3.19. The molecule has 0 radical (unpaired) electrons. The lowest BCUT2D eigenvalue weighted by Crippen LogP contribution is -2.59. The Bertz CT molecular complexity index is 1010. The van der Waals surface area contributed by atoms with E-state index in [-0.39, 0.29) is 33.0 Å². The van der Waals surface area contributed by atoms with Crippen LogP contribution in [0.4, 0.5) is 0 Å². The van der Waals surface area contributed by atoms with Gasteiger partial charge in [0.2, 0.25) is 0 Å². The number of hydrogen-bond donors (Lipinski definition) is 10. The van der Waals surface area contributed by atoms with Crippen LogP contribution in [-0.4, -0.2) is 227 Å². The zero-order valence-electron chi connectivity index (χ0n) is 33.9. The second kappa shape index (κ2) is 31.5. The third-order valence-electron chi connectivity index (χ3n) is 9.36. The van der Waals surface area contributed by atoms with Gasteiger partial charge in [0.05, 0.1) is 57.5 Å². The highest BCUT2D eigenvalue weighted by molar-refractivity contribution is 5.61. The molecule has 20 nitrogen and oxygen atoms in total. The fourth-order valence-corrected chi connectivity index (χ4v) is 6.38. The number of aliphatic hydroxyl groups is 4. The molecule has 0 aliphatic carbocycles. The monoisotopic (exact) mass is 811 g/mol. The number of aliphatic hydroxyl groups excluding tert-OH is 4. The van der Waals surface area contributed by atoms with E-state index in [9.17, 15) is 20.4 Å². The van der Waals surface area contributed by atoms with Crippen LogP contribution in [0.25, 0.3) is 0 Å². The normalized spacial score (nSPS) is 29.8. The largest absolute Gasteiger partial charge is 0.390 e. The first-order valence-corrected chi connectivity index (χ1v) is 19.8. The van der Waals surface area contributed by atoms with Crippen LogP contribution in [0.1, 0.15) is 19.3 Å². The van der Waals surface area contributed by atoms with Crippen LogP contribution in [0.3, 0.4) is 0 Å². The van der Waals surface area contributed by atoms with E-state index < -0.39 is 73.3 Å². The molecule has 0 saturated carbocycles. The number of nitrogens with one attached hydrogen (secondary N) is 4. The van der Waals surface area contributed by atoms with Crippen molar-refractivity contribution in [2.75, 3.05) is 127 Å². The van der Waals surface area contributed by atoms with E-state index in [1.165, 1.54) is 21.3 Å². The maximum absolute atomic E-state index is 11.3. The zero-order chi connectivity index (χ0) is 41.0. The minimum absolute atomic E-state index is 0.0834. The molecule has 12 atom stereocenters. The van der Waals surface area contributed by atoms with Crippen molar-refractivity contribution in [2.45, 2.75) is 86.7 Å². The van der Waals surface area contributed by atoms with Crippen LogP contribution < -0.4 is 32.7 Å². The average molecular weight is 811 g/mol. The fourth-order valence-electron chi connectivity index (χ4n) is 6.38. The third-order valence-corrected chi connectivity index (χ3v) is 9.36. The maximum Gasteiger partial charge on any atom is 0.182 e. The van der Waals surface area contributed by atoms with Crippen LogP contribution in [0.15, 0.2) is 9.98 Å². The molecule has 0 aromatic carbocycles. The molecule has 56 heavy (non-hydrogen) atoms. The zero-order valence-corrected chi connectivity index (χ0v) is 33.9. The summed E-state index contributed by atoms with van der Waals surface area (Å²) >= 11 is 0. The number of aliphatic imine (C=N–C) groups is 2. The fraction of sp³-hybridized carbons (Fsp3) is 0.944. The van der Waals surface area contributed by atoms with E-state index >= 15 is 0 Å². The number of methoxy groups -OCH3 is 4. The molecular weight excluding hydrogens is 736 g/mol. The van der Waals surface area contributed by atoms with Crippen molar-refractivity contribution in [1.29, 1.82) is 0 Å². The Morgan fingerprint density at radius 2 is 1.12 bits per heavy atom. The van der Waals surface area contributed by atoms with E-state index in [4.69, 9.17) is 49.4 Å². The number of rotatable bonds is 33. The van der Waals surface area contributed by atoms with Crippen molar-refractivity contribution in [1.82, 2.24) is 21.3 Å². The predicted molar refractivity (Wildman–Crippen MR) is 211 cm³/mol. The molecule has 2 aliphatic rings. The molecular formula is C36H74N8O12. The van der Waals surface area contributed by atoms with Crippen molar-refractivity contribution < 1.29 is 58.3 Å². The van der Waals surface area contributed by atoms with Crippen LogP contribution in [0, 0.1) is 5.92 Å². The molecule has 2 heterocycles. The highest BCUT2D eigenvalue weighted by atomic mass is 16.7. The Kier molecular flexibility index (Phi) is 28.6. The molecule has 2 aliphatic heterocycles. The lowest BCUT2D eigenvalue weighted by Gasteiger charge is -2.42. The van der Waals surface area contributed by atoms with Gasteiger partial charge in [0, 0.05) is 99.8 Å². The summed E-state index contributed by atoms with van der Waals surface area (Å²) in [6.07, 6.45) is -1.56. The molecule has 2 fully saturated rings. The van der Waals surface area contributed by atoms with Gasteiger partial charge in [0.25, 0.3) is 0 Å². The highest BCUT2D eigenvalue weighted by Gasteiger charge is 2.47. The number of hydrogen-bond acceptors (Lipinski definition) is 20. The van der Waals surface area contributed by atoms with Crippen LogP contribution in [0.2, 0.25) is 0 Å². The second-order valence-corrected chi connectivity index (χ2v) is 13.8. The summed E-state index contributed by atoms with van der Waals surface area (Å²) in [6, 6.07) is -1.40. The van der Waals surface area contributed by atoms with E-state index in [2.05, 4.69) is 31.3 Å². The van der Waals surface area contributed by atoms with Gasteiger partial charge in [-0.25, -0.2) is 0 Å². The quantitative estimate of drug-likeness (QED) is 0.0222. The van der Waals surface area contributed by atoms with Crippen molar-refractivity contribution in [2.24, 2.45) is 27.4 Å². The van der Waals surface area contributed by atoms with Gasteiger partial charge in [-0.3, -0.25) is 9.98 Å². The SMILES string of the molecule is COCC1C(COCC(O)CNCCNCCN)OC(OC)C(/N=C/CCC/C=N/C2C(OC)OC(COCC(O)CNCCNCCN)C(OC)C2O)C1O. The molecule has 2 rings (SSSR count). The lowest BCUT2D eigenvalue weighted by molar-refractivity contribution is -0.265. The summed E-state index contributed by atoms with van der Waals surface area (Å²) in [5.74, 6) is -0.432. The third kappa shape index (κ3) is 19.1. The summed E-state index contributed by atoms with van der Waals surface area (Å²) in [5.41, 5.74) is 10.9. The van der Waals surface area contributed by atoms with E-state index in [0.29, 0.717) is 58.5 Å². The van der Waals surface area contributed by atoms with Gasteiger partial charge in [-0.15, -0.1) is 0 Å². The summed E-state index contributed by atoms with van der Waals surface area (Å²) in [6.45, 7) is 6.89. The van der Waals surface area contributed by atoms with Gasteiger partial charge < -0.3 is 91.1 Å². The van der Waals surface area contributed by atoms with E-state index in [0.717, 1.165) is 26.2 Å². The standard InChI is InChI=1S/C36H74N8O12/c1-49-22-27-28(23-53-20-25(45)18-41-16-14-39-12-8-37)55-35(51-3)30(32(27)47)43-10-6-5-7-11-44-31-33(48)34(50-2)29(56-36(31)52-4)24-54-21-26(46)19-42-17-15-40-13-9-38/h10-11,25-36,39-42,45-48H,5-9,12-24,37-38H2,1-4H3/b43-10+,44-11+. The van der Waals surface area contributed by atoms with Gasteiger partial charge >= 0.3 is 0 Å². The Labute approximate surface area is 332 Å². The maximum atomic E-state index is 11.3. The molecule has 330 valence electrons. The van der Waals surface area contributed by atoms with Crippen molar-refractivity contribution in [3.63, 3.8) is 0 Å². The Morgan fingerprint density at radius 1 is 0.643 bits per heavy atom. The Balaban J connectivity index is 1.79. The first kappa shape index (κ1) is 50.8. The predicted octanol–water partition coefficient (Wildman–Crippen LogP) is -4.19. The smallest absolute Gasteiger partial charge is 0.182 e. The lowest BCUT2D eigenvalue weighted by atomic mass is 9.88. The molecule has 0 spiro atoms. The summed E-state index contributed by atoms with van der Waals surface area (Å²) in [5, 5.41) is 55.7. The summed E-state index contributed by atoms with van der Waals surface area (Å²) in [4.78, 5) is 9.17. The molecule has 2 saturated heterocycles. The van der Waals surface area contributed by atoms with Gasteiger partial charge in [-0.2, -0.15) is 0 Å². The van der Waals surface area contributed by atoms with Gasteiger partial charge in [-0.05, 0) is 31.7 Å². The van der Waals surface area contributed by atoms with Crippen LogP contribution >= 0.6 is 0 Å². The highest BCUT2D eigenvalue weighted by Crippen LogP contribution is 2.30. The molecule has 0 bridgehead atoms. The van der Waals surface area contributed by atoms with Crippen molar-refractivity contribution in [3.05, 3.63) is 0 Å². The molecule has 12 N–H and O–H groups in total. The van der Waals surface area contributed by atoms with E-state index in [1.54, 1.807) is 19.5 Å². The minimum atomic E-state index is -1.02. The first-order valence-electron chi connectivity index (χ1n) is 19.8. The minimum Gasteiger partial charge on any atom is -0.390 e. The molecule has 20 heteroatoms. The van der Waals surface area contributed by atoms with Crippen molar-refractivity contribution >= 4 is 12.4 Å². The van der Waals surface area contributed by atoms with Gasteiger partial charge in [0.15, 0.2) is 12.6 Å². The topological polar surface area (TPSA) is 280 Å². The van der Waals surface area contributed by atoms with Crippen molar-refractivity contribution in [3.8, 4) is 0 Å². The van der Waals surface area contributed by atoms with Crippen LogP contribution in [0.5, 0.6) is 0 Å². The summed E-state index contributed by atoms with van der Waals surface area (Å²) < 4.78 is 45.7. The summed E-state index contributed by atoms with van der Waals surface area (Å²) in [7, 11) is 6.02. The molecule has 12 unspecified atom stereocenters. The molecule has 0 aromatic rings. The number of ether oxygens (including phenoxy) is 8.